The Morgan fingerprint density at radius 1 is 0.279 bits per heavy atom. The number of hydrogen-bond acceptors (Lipinski definition) is 15. The number of hydrogen-bond donors (Lipinski definition) is 3. The van der Waals surface area contributed by atoms with Gasteiger partial charge in [-0.2, -0.15) is 0 Å². The standard InChI is InChI=1S/C85H148O17P2/c1-5-9-13-17-21-25-29-33-37-39-43-46-50-54-58-62-66-70-83(88)96-76-81(102-85(90)72-68-64-60-56-52-48-44-40-38-34-30-26-22-18-14-10-6-2)78-100-104(93,94)98-74-79(86)73-97-103(91,92)99-77-80(101-84(89)71-67-63-59-55-51-47-42-36-32-28-24-20-16-12-8-4)75-95-82(87)69-65-61-57-53-49-45-41-35-31-27-23-19-15-11-7-3/h9,13,21,23-25,27-28,33-38,41-43,46,79-81,86H,5-8,10-12,14-20,22,26,29-32,39-40,44-45,47-78H2,1-4H3,(H,91,92)(H,93,94). The number of phosphoric ester groups is 2. The first-order valence-corrected chi connectivity index (χ1v) is 44.1. The fourth-order valence-corrected chi connectivity index (χ4v) is 12.5. The molecule has 19 heteroatoms. The van der Waals surface area contributed by atoms with Crippen LogP contribution in [0.4, 0.5) is 0 Å². The number of carbonyl (C=O) groups excluding carboxylic acids is 4. The summed E-state index contributed by atoms with van der Waals surface area (Å²) in [5.41, 5.74) is 0. The molecule has 17 nitrogen and oxygen atoms in total. The van der Waals surface area contributed by atoms with E-state index in [-0.39, 0.29) is 25.7 Å². The Hall–Kier alpha value is -4.28. The molecule has 0 aliphatic carbocycles. The van der Waals surface area contributed by atoms with Crippen LogP contribution in [0.3, 0.4) is 0 Å². The predicted molar refractivity (Wildman–Crippen MR) is 427 cm³/mol. The molecule has 0 saturated heterocycles. The summed E-state index contributed by atoms with van der Waals surface area (Å²) in [6.07, 6.45) is 83.4. The summed E-state index contributed by atoms with van der Waals surface area (Å²) in [6, 6.07) is 0. The van der Waals surface area contributed by atoms with Gasteiger partial charge in [0.1, 0.15) is 19.3 Å². The van der Waals surface area contributed by atoms with Gasteiger partial charge < -0.3 is 33.8 Å². The molecule has 600 valence electrons. The molecule has 0 aromatic carbocycles. The highest BCUT2D eigenvalue weighted by Gasteiger charge is 2.30. The van der Waals surface area contributed by atoms with E-state index in [4.69, 9.17) is 37.0 Å². The van der Waals surface area contributed by atoms with Crippen molar-refractivity contribution >= 4 is 39.5 Å². The first-order valence-electron chi connectivity index (χ1n) is 41.1. The molecule has 3 N–H and O–H groups in total. The van der Waals surface area contributed by atoms with Gasteiger partial charge in [0, 0.05) is 25.7 Å². The molecule has 0 radical (unpaired) electrons. The number of ether oxygens (including phenoxy) is 4. The number of aliphatic hydroxyl groups is 1. The number of allylic oxidation sites excluding steroid dienone is 18. The molecule has 0 aromatic heterocycles. The molecule has 0 aliphatic rings. The predicted octanol–water partition coefficient (Wildman–Crippen LogP) is 24.1. The number of aliphatic hydroxyl groups excluding tert-OH is 1. The molecule has 5 unspecified atom stereocenters. The Balaban J connectivity index is 5.40. The van der Waals surface area contributed by atoms with E-state index < -0.39 is 97.5 Å². The van der Waals surface area contributed by atoms with Gasteiger partial charge in [-0.15, -0.1) is 0 Å². The zero-order chi connectivity index (χ0) is 76.0. The maximum atomic E-state index is 13.1. The lowest BCUT2D eigenvalue weighted by Gasteiger charge is -2.21. The Labute approximate surface area is 632 Å². The van der Waals surface area contributed by atoms with E-state index >= 15 is 0 Å². The molecule has 0 aliphatic heterocycles. The summed E-state index contributed by atoms with van der Waals surface area (Å²) in [4.78, 5) is 73.1. The van der Waals surface area contributed by atoms with E-state index in [1.54, 1.807) is 0 Å². The number of phosphoric acid groups is 2. The first-order chi connectivity index (χ1) is 50.7. The lowest BCUT2D eigenvalue weighted by Crippen LogP contribution is -2.30. The molecule has 0 aromatic rings. The summed E-state index contributed by atoms with van der Waals surface area (Å²) in [5, 5.41) is 10.7. The average molecular weight is 1500 g/mol. The number of rotatable bonds is 77. The monoisotopic (exact) mass is 1500 g/mol. The van der Waals surface area contributed by atoms with Gasteiger partial charge in [0.15, 0.2) is 12.2 Å². The van der Waals surface area contributed by atoms with Crippen LogP contribution >= 0.6 is 15.6 Å². The number of unbranched alkanes of at least 4 members (excludes halogenated alkanes) is 33. The van der Waals surface area contributed by atoms with E-state index in [0.29, 0.717) is 25.7 Å². The summed E-state index contributed by atoms with van der Waals surface area (Å²) in [6.45, 7) is 4.68. The molecule has 0 spiro atoms. The number of carbonyl (C=O) groups is 4. The third kappa shape index (κ3) is 75.9. The molecule has 0 heterocycles. The third-order valence-electron chi connectivity index (χ3n) is 17.2. The molecular formula is C85H148O17P2. The van der Waals surface area contributed by atoms with Crippen LogP contribution in [0.5, 0.6) is 0 Å². The van der Waals surface area contributed by atoms with Crippen molar-refractivity contribution < 1.29 is 80.2 Å². The second kappa shape index (κ2) is 76.9. The molecule has 104 heavy (non-hydrogen) atoms. The minimum atomic E-state index is -4.99. The lowest BCUT2D eigenvalue weighted by atomic mass is 10.1. The maximum absolute atomic E-state index is 13.1. The number of esters is 4. The van der Waals surface area contributed by atoms with Gasteiger partial charge in [0.2, 0.25) is 0 Å². The molecule has 0 fully saturated rings. The van der Waals surface area contributed by atoms with Gasteiger partial charge in [-0.05, 0) is 154 Å². The minimum Gasteiger partial charge on any atom is -0.462 e. The zero-order valence-corrected chi connectivity index (χ0v) is 67.5. The van der Waals surface area contributed by atoms with Crippen LogP contribution in [0, 0.1) is 0 Å². The second-order valence-corrected chi connectivity index (χ2v) is 30.2. The molecule has 0 rings (SSSR count). The van der Waals surface area contributed by atoms with E-state index in [0.717, 1.165) is 193 Å². The van der Waals surface area contributed by atoms with Crippen molar-refractivity contribution in [1.29, 1.82) is 0 Å². The smallest absolute Gasteiger partial charge is 0.462 e. The van der Waals surface area contributed by atoms with Crippen LogP contribution in [0.1, 0.15) is 349 Å². The van der Waals surface area contributed by atoms with Crippen LogP contribution in [0.15, 0.2) is 109 Å². The molecule has 5 atom stereocenters. The largest absolute Gasteiger partial charge is 0.472 e. The highest BCUT2D eigenvalue weighted by Crippen LogP contribution is 2.45. The Bertz CT molecular complexity index is 2390. The highest BCUT2D eigenvalue weighted by molar-refractivity contribution is 7.47. The maximum Gasteiger partial charge on any atom is 0.472 e. The van der Waals surface area contributed by atoms with Gasteiger partial charge in [0.25, 0.3) is 0 Å². The second-order valence-electron chi connectivity index (χ2n) is 27.3. The van der Waals surface area contributed by atoms with Crippen LogP contribution < -0.4 is 0 Å². The summed E-state index contributed by atoms with van der Waals surface area (Å²) < 4.78 is 68.7. The summed E-state index contributed by atoms with van der Waals surface area (Å²) >= 11 is 0. The Kier molecular flexibility index (Phi) is 73.7. The van der Waals surface area contributed by atoms with Gasteiger partial charge >= 0.3 is 39.5 Å². The van der Waals surface area contributed by atoms with Crippen molar-refractivity contribution in [3.63, 3.8) is 0 Å². The van der Waals surface area contributed by atoms with E-state index in [2.05, 4.69) is 137 Å². The van der Waals surface area contributed by atoms with Crippen LogP contribution in [0.25, 0.3) is 0 Å². The van der Waals surface area contributed by atoms with Gasteiger partial charge in [-0.1, -0.05) is 278 Å². The van der Waals surface area contributed by atoms with Crippen molar-refractivity contribution in [1.82, 2.24) is 0 Å². The van der Waals surface area contributed by atoms with Gasteiger partial charge in [-0.25, -0.2) is 9.13 Å². The van der Waals surface area contributed by atoms with Crippen molar-refractivity contribution in [2.45, 2.75) is 367 Å². The lowest BCUT2D eigenvalue weighted by molar-refractivity contribution is -0.161. The van der Waals surface area contributed by atoms with Crippen LogP contribution in [-0.4, -0.2) is 96.7 Å². The van der Waals surface area contributed by atoms with Gasteiger partial charge in [0.05, 0.1) is 26.4 Å². The zero-order valence-electron chi connectivity index (χ0n) is 65.7. The first kappa shape index (κ1) is 99.7. The quantitative estimate of drug-likeness (QED) is 0.0169. The van der Waals surface area contributed by atoms with Crippen molar-refractivity contribution in [2.75, 3.05) is 39.6 Å². The Morgan fingerprint density at radius 3 is 0.798 bits per heavy atom. The minimum absolute atomic E-state index is 0.0752. The fourth-order valence-electron chi connectivity index (χ4n) is 10.9. The third-order valence-corrected chi connectivity index (χ3v) is 19.1. The van der Waals surface area contributed by atoms with Crippen LogP contribution in [-0.2, 0) is 65.4 Å². The van der Waals surface area contributed by atoms with Crippen molar-refractivity contribution in [3.05, 3.63) is 109 Å². The Morgan fingerprint density at radius 2 is 0.500 bits per heavy atom. The van der Waals surface area contributed by atoms with Gasteiger partial charge in [-0.3, -0.25) is 37.3 Å². The van der Waals surface area contributed by atoms with E-state index in [1.807, 2.05) is 0 Å². The summed E-state index contributed by atoms with van der Waals surface area (Å²) in [7, 11) is -9.97. The topological polar surface area (TPSA) is 237 Å². The molecule has 0 saturated carbocycles. The van der Waals surface area contributed by atoms with Crippen molar-refractivity contribution in [3.8, 4) is 0 Å². The van der Waals surface area contributed by atoms with E-state index in [1.165, 1.54) is 77.0 Å². The SMILES string of the molecule is CCC=CCC=CCC=CCC=CCCCCCCC(=O)OCC(COP(=O)(O)OCC(O)COP(=O)(O)OCC(COC(=O)CCCCCCCC=CCC=CCCCCC)OC(=O)CCCCCCCC=CCC=CCCCCC)OC(=O)CCCCCCCCCC=CCCCCCCCC. The summed E-state index contributed by atoms with van der Waals surface area (Å²) in [5.74, 6) is -2.22. The van der Waals surface area contributed by atoms with Crippen molar-refractivity contribution in [2.24, 2.45) is 0 Å². The average Bonchev–Trinajstić information content (AvgIpc) is 0.926. The fraction of sp³-hybridized carbons (Fsp3) is 0.741. The molecule has 0 bridgehead atoms. The normalized spacial score (nSPS) is 14.4. The van der Waals surface area contributed by atoms with E-state index in [9.17, 15) is 43.2 Å². The molecular weight excluding hydrogens is 1350 g/mol. The van der Waals surface area contributed by atoms with Crippen LogP contribution in [0.2, 0.25) is 0 Å². The molecule has 0 amide bonds. The highest BCUT2D eigenvalue weighted by atomic mass is 31.2.